The van der Waals surface area contributed by atoms with E-state index in [1.54, 1.807) is 24.3 Å². The Bertz CT molecular complexity index is 627. The lowest BCUT2D eigenvalue weighted by Gasteiger charge is -2.11. The molecule has 0 bridgehead atoms. The van der Waals surface area contributed by atoms with Gasteiger partial charge in [0.15, 0.2) is 0 Å². The summed E-state index contributed by atoms with van der Waals surface area (Å²) in [6, 6.07) is 12.6. The summed E-state index contributed by atoms with van der Waals surface area (Å²) in [5.74, 6) is -0.164. The van der Waals surface area contributed by atoms with E-state index < -0.39 is 0 Å². The van der Waals surface area contributed by atoms with Crippen LogP contribution in [0.5, 0.6) is 0 Å². The molecule has 0 unspecified atom stereocenters. The number of hydrogen-bond acceptors (Lipinski definition) is 2. The number of hydrogen-bond donors (Lipinski definition) is 2. The second-order valence-corrected chi connectivity index (χ2v) is 5.40. The molecular formula is C16H16Cl2N2O. The summed E-state index contributed by atoms with van der Waals surface area (Å²) in [6.45, 7) is 3.15. The fourth-order valence-corrected chi connectivity index (χ4v) is 2.23. The Morgan fingerprint density at radius 3 is 2.38 bits per heavy atom. The van der Waals surface area contributed by atoms with Gasteiger partial charge < -0.3 is 10.6 Å². The molecule has 0 saturated heterocycles. The minimum atomic E-state index is -0.164. The molecule has 0 saturated carbocycles. The number of carbonyl (C=O) groups is 1. The fraction of sp³-hybridized carbons (Fsp3) is 0.188. The molecular weight excluding hydrogens is 307 g/mol. The molecule has 21 heavy (non-hydrogen) atoms. The zero-order valence-electron chi connectivity index (χ0n) is 11.6. The van der Waals surface area contributed by atoms with Crippen molar-refractivity contribution in [3.8, 4) is 0 Å². The zero-order chi connectivity index (χ0) is 15.2. The van der Waals surface area contributed by atoms with Crippen molar-refractivity contribution < 1.29 is 4.79 Å². The lowest BCUT2D eigenvalue weighted by Crippen LogP contribution is -2.24. The fourth-order valence-electron chi connectivity index (χ4n) is 1.93. The van der Waals surface area contributed by atoms with E-state index in [0.29, 0.717) is 22.2 Å². The largest absolute Gasteiger partial charge is 0.385 e. The van der Waals surface area contributed by atoms with E-state index >= 15 is 0 Å². The van der Waals surface area contributed by atoms with E-state index in [0.717, 1.165) is 17.8 Å². The first-order chi connectivity index (χ1) is 10.1. The Balaban J connectivity index is 2.09. The smallest absolute Gasteiger partial charge is 0.253 e. The van der Waals surface area contributed by atoms with Crippen LogP contribution in [0.4, 0.5) is 5.69 Å². The number of nitrogens with one attached hydrogen (secondary N) is 2. The minimum Gasteiger partial charge on any atom is -0.385 e. The molecule has 1 amide bonds. The summed E-state index contributed by atoms with van der Waals surface area (Å²) >= 11 is 11.8. The van der Waals surface area contributed by atoms with Crippen molar-refractivity contribution in [2.24, 2.45) is 0 Å². The minimum absolute atomic E-state index is 0.164. The summed E-state index contributed by atoms with van der Waals surface area (Å²) in [6.07, 6.45) is 0. The van der Waals surface area contributed by atoms with Gasteiger partial charge in [-0.05, 0) is 42.8 Å². The highest BCUT2D eigenvalue weighted by Gasteiger charge is 2.11. The molecule has 0 aliphatic rings. The van der Waals surface area contributed by atoms with Crippen LogP contribution >= 0.6 is 23.2 Å². The molecule has 2 N–H and O–H groups in total. The molecule has 110 valence electrons. The Morgan fingerprint density at radius 1 is 1.05 bits per heavy atom. The molecule has 0 radical (unpaired) electrons. The van der Waals surface area contributed by atoms with Crippen LogP contribution in [0, 0.1) is 0 Å². The Morgan fingerprint density at radius 2 is 1.71 bits per heavy atom. The van der Waals surface area contributed by atoms with Gasteiger partial charge in [0.05, 0.1) is 5.56 Å². The van der Waals surface area contributed by atoms with Crippen LogP contribution in [0.3, 0.4) is 0 Å². The molecule has 0 heterocycles. The lowest BCUT2D eigenvalue weighted by molar-refractivity contribution is 0.0951. The van der Waals surface area contributed by atoms with Crippen molar-refractivity contribution in [2.75, 3.05) is 11.9 Å². The molecule has 0 aliphatic carbocycles. The first-order valence-electron chi connectivity index (χ1n) is 6.66. The maximum Gasteiger partial charge on any atom is 0.253 e. The first kappa shape index (κ1) is 15.7. The summed E-state index contributed by atoms with van der Waals surface area (Å²) in [4.78, 5) is 12.3. The molecule has 0 aliphatic heterocycles. The molecule has 2 rings (SSSR count). The number of benzene rings is 2. The number of halogens is 2. The predicted octanol–water partition coefficient (Wildman–Crippen LogP) is 4.36. The first-order valence-corrected chi connectivity index (χ1v) is 7.42. The van der Waals surface area contributed by atoms with E-state index in [1.807, 2.05) is 25.1 Å². The molecule has 0 fully saturated rings. The van der Waals surface area contributed by atoms with Crippen LogP contribution < -0.4 is 10.6 Å². The molecule has 3 nitrogen and oxygen atoms in total. The molecule has 2 aromatic rings. The Labute approximate surface area is 134 Å². The van der Waals surface area contributed by atoms with Crippen molar-refractivity contribution in [3.63, 3.8) is 0 Å². The SMILES string of the molecule is CCNc1ccc(Cl)cc1C(=O)NCc1ccc(Cl)cc1. The molecule has 0 atom stereocenters. The Kier molecular flexibility index (Phi) is 5.48. The van der Waals surface area contributed by atoms with E-state index in [4.69, 9.17) is 23.2 Å². The van der Waals surface area contributed by atoms with Crippen molar-refractivity contribution in [3.05, 3.63) is 63.6 Å². The molecule has 5 heteroatoms. The van der Waals surface area contributed by atoms with Gasteiger partial charge in [0, 0.05) is 28.8 Å². The van der Waals surface area contributed by atoms with Crippen LogP contribution in [0.1, 0.15) is 22.8 Å². The maximum absolute atomic E-state index is 12.3. The van der Waals surface area contributed by atoms with E-state index in [2.05, 4.69) is 10.6 Å². The lowest BCUT2D eigenvalue weighted by atomic mass is 10.1. The van der Waals surface area contributed by atoms with E-state index in [-0.39, 0.29) is 5.91 Å². The average molecular weight is 323 g/mol. The van der Waals surface area contributed by atoms with Crippen molar-refractivity contribution >= 4 is 34.8 Å². The second-order valence-electron chi connectivity index (χ2n) is 4.53. The number of rotatable bonds is 5. The highest BCUT2D eigenvalue weighted by atomic mass is 35.5. The monoisotopic (exact) mass is 322 g/mol. The predicted molar refractivity (Wildman–Crippen MR) is 88.2 cm³/mol. The van der Waals surface area contributed by atoms with Crippen LogP contribution in [0.25, 0.3) is 0 Å². The van der Waals surface area contributed by atoms with Crippen LogP contribution in [0.15, 0.2) is 42.5 Å². The Hall–Kier alpha value is -1.71. The van der Waals surface area contributed by atoms with Gasteiger partial charge in [0.1, 0.15) is 0 Å². The van der Waals surface area contributed by atoms with Gasteiger partial charge in [0.25, 0.3) is 5.91 Å². The molecule has 0 aromatic heterocycles. The third-order valence-corrected chi connectivity index (χ3v) is 3.45. The summed E-state index contributed by atoms with van der Waals surface area (Å²) < 4.78 is 0. The second kappa shape index (κ2) is 7.34. The third kappa shape index (κ3) is 4.38. The topological polar surface area (TPSA) is 41.1 Å². The van der Waals surface area contributed by atoms with Gasteiger partial charge in [-0.2, -0.15) is 0 Å². The number of amides is 1. The van der Waals surface area contributed by atoms with Crippen molar-refractivity contribution in [2.45, 2.75) is 13.5 Å². The van der Waals surface area contributed by atoms with Crippen LogP contribution in [-0.2, 0) is 6.54 Å². The van der Waals surface area contributed by atoms with Gasteiger partial charge in [-0.3, -0.25) is 4.79 Å². The van der Waals surface area contributed by atoms with Crippen LogP contribution in [-0.4, -0.2) is 12.5 Å². The van der Waals surface area contributed by atoms with Crippen molar-refractivity contribution in [1.82, 2.24) is 5.32 Å². The average Bonchev–Trinajstić information content (AvgIpc) is 2.48. The zero-order valence-corrected chi connectivity index (χ0v) is 13.1. The normalized spacial score (nSPS) is 10.2. The van der Waals surface area contributed by atoms with Gasteiger partial charge >= 0.3 is 0 Å². The summed E-state index contributed by atoms with van der Waals surface area (Å²) in [7, 11) is 0. The number of carbonyl (C=O) groups excluding carboxylic acids is 1. The third-order valence-electron chi connectivity index (χ3n) is 2.96. The van der Waals surface area contributed by atoms with E-state index in [1.165, 1.54) is 0 Å². The summed E-state index contributed by atoms with van der Waals surface area (Å²) in [5.41, 5.74) is 2.30. The van der Waals surface area contributed by atoms with Gasteiger partial charge in [-0.15, -0.1) is 0 Å². The van der Waals surface area contributed by atoms with Gasteiger partial charge in [0.2, 0.25) is 0 Å². The standard InChI is InChI=1S/C16H16Cl2N2O/c1-2-19-15-8-7-13(18)9-14(15)16(21)20-10-11-3-5-12(17)6-4-11/h3-9,19H,2,10H2,1H3,(H,20,21). The molecule has 2 aromatic carbocycles. The quantitative estimate of drug-likeness (QED) is 0.858. The van der Waals surface area contributed by atoms with Crippen LogP contribution in [0.2, 0.25) is 10.0 Å². The number of anilines is 1. The molecule has 0 spiro atoms. The van der Waals surface area contributed by atoms with Gasteiger partial charge in [-0.25, -0.2) is 0 Å². The highest BCUT2D eigenvalue weighted by Crippen LogP contribution is 2.20. The summed E-state index contributed by atoms with van der Waals surface area (Å²) in [5, 5.41) is 7.24. The van der Waals surface area contributed by atoms with Crippen molar-refractivity contribution in [1.29, 1.82) is 0 Å². The van der Waals surface area contributed by atoms with Gasteiger partial charge in [-0.1, -0.05) is 35.3 Å². The maximum atomic E-state index is 12.3. The highest BCUT2D eigenvalue weighted by molar-refractivity contribution is 6.31. The van der Waals surface area contributed by atoms with E-state index in [9.17, 15) is 4.79 Å².